The molecule has 5 nitrogen and oxygen atoms in total. The number of hydrogen-bond acceptors (Lipinski definition) is 3. The summed E-state index contributed by atoms with van der Waals surface area (Å²) in [6.45, 7) is 0.779. The fraction of sp³-hybridized carbons (Fsp3) is 0.143. The number of carboxylic acids is 1. The van der Waals surface area contributed by atoms with E-state index >= 15 is 0 Å². The molecule has 0 amide bonds. The molecule has 1 aromatic heterocycles. The van der Waals surface area contributed by atoms with E-state index in [1.165, 1.54) is 18.2 Å². The van der Waals surface area contributed by atoms with Gasteiger partial charge in [-0.25, -0.2) is 14.2 Å². The Morgan fingerprint density at radius 1 is 1.50 bits per heavy atom. The van der Waals surface area contributed by atoms with Crippen LogP contribution in [0.4, 0.5) is 4.39 Å². The maximum Gasteiger partial charge on any atom is 0.328 e. The quantitative estimate of drug-likeness (QED) is 0.821. The zero-order chi connectivity index (χ0) is 14.4. The third kappa shape index (κ3) is 3.68. The van der Waals surface area contributed by atoms with E-state index in [1.807, 2.05) is 0 Å². The SMILES string of the molecule is O=C(O)/C=C/c1cccc(F)c1OCCn1ccnc1. The summed E-state index contributed by atoms with van der Waals surface area (Å²) in [6, 6.07) is 4.36. The van der Waals surface area contributed by atoms with Gasteiger partial charge in [-0.2, -0.15) is 0 Å². The van der Waals surface area contributed by atoms with E-state index in [2.05, 4.69) is 4.98 Å². The minimum atomic E-state index is -1.10. The van der Waals surface area contributed by atoms with Crippen molar-refractivity contribution in [1.82, 2.24) is 9.55 Å². The van der Waals surface area contributed by atoms with Crippen molar-refractivity contribution in [2.45, 2.75) is 6.54 Å². The molecule has 0 fully saturated rings. The fourth-order valence-corrected chi connectivity index (χ4v) is 1.64. The van der Waals surface area contributed by atoms with Crippen LogP contribution in [0.1, 0.15) is 5.56 Å². The zero-order valence-corrected chi connectivity index (χ0v) is 10.6. The minimum absolute atomic E-state index is 0.0464. The molecule has 0 saturated carbocycles. The number of rotatable bonds is 6. The lowest BCUT2D eigenvalue weighted by atomic mass is 10.2. The number of ether oxygens (including phenoxy) is 1. The Balaban J connectivity index is 2.07. The van der Waals surface area contributed by atoms with E-state index in [1.54, 1.807) is 29.4 Å². The van der Waals surface area contributed by atoms with Gasteiger partial charge < -0.3 is 14.4 Å². The molecule has 0 saturated heterocycles. The Bertz CT molecular complexity index is 609. The van der Waals surface area contributed by atoms with Crippen molar-refractivity contribution in [3.8, 4) is 5.75 Å². The molecule has 2 rings (SSSR count). The first-order chi connectivity index (χ1) is 9.66. The Kier molecular flexibility index (Phi) is 4.49. The maximum absolute atomic E-state index is 13.7. The summed E-state index contributed by atoms with van der Waals surface area (Å²) in [7, 11) is 0. The second-order valence-electron chi connectivity index (χ2n) is 3.98. The predicted molar refractivity (Wildman–Crippen MR) is 70.8 cm³/mol. The first-order valence-corrected chi connectivity index (χ1v) is 5.95. The van der Waals surface area contributed by atoms with Crippen LogP contribution >= 0.6 is 0 Å². The molecular formula is C14H13FN2O3. The van der Waals surface area contributed by atoms with E-state index in [0.717, 1.165) is 6.08 Å². The van der Waals surface area contributed by atoms with Crippen molar-refractivity contribution in [3.05, 3.63) is 54.4 Å². The Morgan fingerprint density at radius 2 is 2.35 bits per heavy atom. The van der Waals surface area contributed by atoms with E-state index in [9.17, 15) is 9.18 Å². The second kappa shape index (κ2) is 6.51. The molecule has 1 N–H and O–H groups in total. The van der Waals surface area contributed by atoms with Crippen LogP contribution in [0, 0.1) is 5.82 Å². The van der Waals surface area contributed by atoms with Gasteiger partial charge in [0.25, 0.3) is 0 Å². The lowest BCUT2D eigenvalue weighted by Gasteiger charge is -2.10. The van der Waals surface area contributed by atoms with Crippen molar-refractivity contribution in [2.24, 2.45) is 0 Å². The molecule has 6 heteroatoms. The zero-order valence-electron chi connectivity index (χ0n) is 10.6. The Morgan fingerprint density at radius 3 is 3.05 bits per heavy atom. The number of aliphatic carboxylic acids is 1. The van der Waals surface area contributed by atoms with Crippen LogP contribution in [0.3, 0.4) is 0 Å². The van der Waals surface area contributed by atoms with Gasteiger partial charge in [0.2, 0.25) is 0 Å². The first kappa shape index (κ1) is 13.8. The molecule has 0 bridgehead atoms. The largest absolute Gasteiger partial charge is 0.488 e. The summed E-state index contributed by atoms with van der Waals surface area (Å²) >= 11 is 0. The van der Waals surface area contributed by atoms with Crippen molar-refractivity contribution in [2.75, 3.05) is 6.61 Å². The van der Waals surface area contributed by atoms with E-state index in [-0.39, 0.29) is 12.4 Å². The highest BCUT2D eigenvalue weighted by Gasteiger charge is 2.08. The lowest BCUT2D eigenvalue weighted by Crippen LogP contribution is -2.08. The summed E-state index contributed by atoms with van der Waals surface area (Å²) in [6.07, 6.45) is 7.30. The summed E-state index contributed by atoms with van der Waals surface area (Å²) in [5.74, 6) is -1.58. The van der Waals surface area contributed by atoms with Crippen LogP contribution in [-0.2, 0) is 11.3 Å². The van der Waals surface area contributed by atoms with Gasteiger partial charge in [0.15, 0.2) is 11.6 Å². The Labute approximate surface area is 114 Å². The average molecular weight is 276 g/mol. The summed E-state index contributed by atoms with van der Waals surface area (Å²) < 4.78 is 20.9. The van der Waals surface area contributed by atoms with Gasteiger partial charge in [-0.15, -0.1) is 0 Å². The molecule has 0 unspecified atom stereocenters. The van der Waals surface area contributed by atoms with E-state index in [0.29, 0.717) is 12.1 Å². The number of benzene rings is 1. The topological polar surface area (TPSA) is 64.3 Å². The van der Waals surface area contributed by atoms with Crippen LogP contribution < -0.4 is 4.74 Å². The van der Waals surface area contributed by atoms with Gasteiger partial charge >= 0.3 is 5.97 Å². The minimum Gasteiger partial charge on any atom is -0.488 e. The standard InChI is InChI=1S/C14H13FN2O3/c15-12-3-1-2-11(4-5-13(18)19)14(12)20-9-8-17-7-6-16-10-17/h1-7,10H,8-9H2,(H,18,19)/b5-4+. The van der Waals surface area contributed by atoms with Gasteiger partial charge in [-0.1, -0.05) is 12.1 Å². The highest BCUT2D eigenvalue weighted by molar-refractivity contribution is 5.85. The fourth-order valence-electron chi connectivity index (χ4n) is 1.64. The third-order valence-corrected chi connectivity index (χ3v) is 2.56. The number of aromatic nitrogens is 2. The van der Waals surface area contributed by atoms with Crippen LogP contribution in [0.25, 0.3) is 6.08 Å². The van der Waals surface area contributed by atoms with Crippen LogP contribution in [0.2, 0.25) is 0 Å². The van der Waals surface area contributed by atoms with Crippen LogP contribution in [0.5, 0.6) is 5.75 Å². The summed E-state index contributed by atoms with van der Waals surface area (Å²) in [4.78, 5) is 14.4. The molecule has 2 aromatic rings. The predicted octanol–water partition coefficient (Wildman–Crippen LogP) is 2.20. The monoisotopic (exact) mass is 276 g/mol. The van der Waals surface area contributed by atoms with Crippen molar-refractivity contribution < 1.29 is 19.0 Å². The molecule has 0 spiro atoms. The van der Waals surface area contributed by atoms with E-state index in [4.69, 9.17) is 9.84 Å². The molecule has 0 atom stereocenters. The third-order valence-electron chi connectivity index (χ3n) is 2.56. The van der Waals surface area contributed by atoms with Gasteiger partial charge in [0.05, 0.1) is 12.9 Å². The van der Waals surface area contributed by atoms with E-state index < -0.39 is 11.8 Å². The number of imidazole rings is 1. The van der Waals surface area contributed by atoms with Crippen LogP contribution in [-0.4, -0.2) is 27.2 Å². The summed E-state index contributed by atoms with van der Waals surface area (Å²) in [5, 5.41) is 8.60. The molecule has 104 valence electrons. The number of carboxylic acid groups (broad SMARTS) is 1. The molecule has 20 heavy (non-hydrogen) atoms. The highest BCUT2D eigenvalue weighted by atomic mass is 19.1. The average Bonchev–Trinajstić information content (AvgIpc) is 2.92. The number of para-hydroxylation sites is 1. The van der Waals surface area contributed by atoms with Gasteiger partial charge in [0, 0.05) is 24.0 Å². The maximum atomic E-state index is 13.7. The molecule has 1 heterocycles. The normalized spacial score (nSPS) is 10.8. The van der Waals surface area contributed by atoms with Gasteiger partial charge in [-0.3, -0.25) is 0 Å². The van der Waals surface area contributed by atoms with Gasteiger partial charge in [-0.05, 0) is 12.1 Å². The Hall–Kier alpha value is -2.63. The molecule has 0 aliphatic carbocycles. The molecule has 1 aromatic carbocycles. The van der Waals surface area contributed by atoms with Gasteiger partial charge in [0.1, 0.15) is 6.61 Å². The number of halogens is 1. The smallest absolute Gasteiger partial charge is 0.328 e. The van der Waals surface area contributed by atoms with Crippen molar-refractivity contribution in [3.63, 3.8) is 0 Å². The highest BCUT2D eigenvalue weighted by Crippen LogP contribution is 2.24. The van der Waals surface area contributed by atoms with Crippen molar-refractivity contribution >= 4 is 12.0 Å². The molecule has 0 aliphatic heterocycles. The lowest BCUT2D eigenvalue weighted by molar-refractivity contribution is -0.131. The first-order valence-electron chi connectivity index (χ1n) is 5.95. The molecule has 0 radical (unpaired) electrons. The van der Waals surface area contributed by atoms with Crippen LogP contribution in [0.15, 0.2) is 43.0 Å². The molecular weight excluding hydrogens is 263 g/mol. The number of carbonyl (C=O) groups is 1. The number of hydrogen-bond donors (Lipinski definition) is 1. The second-order valence-corrected chi connectivity index (χ2v) is 3.98. The number of nitrogens with zero attached hydrogens (tertiary/aromatic N) is 2. The van der Waals surface area contributed by atoms with Crippen molar-refractivity contribution in [1.29, 1.82) is 0 Å². The molecule has 0 aliphatic rings. The summed E-state index contributed by atoms with van der Waals surface area (Å²) in [5.41, 5.74) is 0.387.